The molecule has 1 aliphatic heterocycles. The molecule has 2 unspecified atom stereocenters. The molecule has 16 heavy (non-hydrogen) atoms. The molecule has 0 amide bonds. The molecule has 1 heterocycles. The second-order valence-corrected chi connectivity index (χ2v) is 5.93. The average molecular weight is 225 g/mol. The van der Waals surface area contributed by atoms with Crippen molar-refractivity contribution in [3.63, 3.8) is 0 Å². The maximum atomic E-state index is 6.02. The van der Waals surface area contributed by atoms with Crippen LogP contribution in [0, 0.1) is 0 Å². The molecule has 0 bridgehead atoms. The highest BCUT2D eigenvalue weighted by Crippen LogP contribution is 2.28. The Bertz CT molecular complexity index is 213. The second kappa shape index (κ2) is 5.03. The molecule has 2 atom stereocenters. The molecule has 0 spiro atoms. The van der Waals surface area contributed by atoms with E-state index in [1.54, 1.807) is 0 Å². The minimum atomic E-state index is 0.191. The number of nitrogens with zero attached hydrogens (tertiary/aromatic N) is 1. The maximum Gasteiger partial charge on any atom is 0.0449 e. The van der Waals surface area contributed by atoms with Gasteiger partial charge in [0.1, 0.15) is 0 Å². The SMILES string of the molecule is CC1CC(CN)(NC2CCCCC2)CN1C. The van der Waals surface area contributed by atoms with Crippen molar-refractivity contribution in [2.75, 3.05) is 20.1 Å². The Morgan fingerprint density at radius 1 is 1.31 bits per heavy atom. The van der Waals surface area contributed by atoms with Gasteiger partial charge < -0.3 is 16.0 Å². The van der Waals surface area contributed by atoms with E-state index in [1.807, 2.05) is 0 Å². The molecule has 0 radical (unpaired) electrons. The molecular weight excluding hydrogens is 198 g/mol. The third-order valence-electron chi connectivity index (χ3n) is 4.50. The van der Waals surface area contributed by atoms with Gasteiger partial charge in [0.15, 0.2) is 0 Å². The van der Waals surface area contributed by atoms with Gasteiger partial charge in [0, 0.05) is 30.7 Å². The van der Waals surface area contributed by atoms with E-state index >= 15 is 0 Å². The summed E-state index contributed by atoms with van der Waals surface area (Å²) in [5, 5.41) is 3.88. The standard InChI is InChI=1S/C13H27N3/c1-11-8-13(9-14,10-16(11)2)15-12-6-4-3-5-7-12/h11-12,15H,3-10,14H2,1-2H3. The van der Waals surface area contributed by atoms with Crippen LogP contribution in [0.25, 0.3) is 0 Å². The van der Waals surface area contributed by atoms with Crippen LogP contribution in [0.1, 0.15) is 45.4 Å². The lowest BCUT2D eigenvalue weighted by Crippen LogP contribution is -2.57. The Labute approximate surface area is 99.8 Å². The highest BCUT2D eigenvalue weighted by atomic mass is 15.2. The van der Waals surface area contributed by atoms with Gasteiger partial charge in [-0.2, -0.15) is 0 Å². The van der Waals surface area contributed by atoms with Gasteiger partial charge in [-0.3, -0.25) is 0 Å². The summed E-state index contributed by atoms with van der Waals surface area (Å²) in [5.74, 6) is 0. The molecule has 3 nitrogen and oxygen atoms in total. The molecular formula is C13H27N3. The van der Waals surface area contributed by atoms with Gasteiger partial charge >= 0.3 is 0 Å². The van der Waals surface area contributed by atoms with Crippen LogP contribution >= 0.6 is 0 Å². The van der Waals surface area contributed by atoms with Crippen molar-refractivity contribution in [1.29, 1.82) is 0 Å². The van der Waals surface area contributed by atoms with E-state index < -0.39 is 0 Å². The zero-order valence-electron chi connectivity index (χ0n) is 10.8. The highest BCUT2D eigenvalue weighted by Gasteiger charge is 2.40. The summed E-state index contributed by atoms with van der Waals surface area (Å²) in [6, 6.07) is 1.38. The number of likely N-dealkylation sites (N-methyl/N-ethyl adjacent to an activating group) is 1. The number of nitrogens with one attached hydrogen (secondary N) is 1. The predicted octanol–water partition coefficient (Wildman–Crippen LogP) is 1.33. The third-order valence-corrected chi connectivity index (χ3v) is 4.50. The van der Waals surface area contributed by atoms with Gasteiger partial charge in [-0.05, 0) is 33.2 Å². The molecule has 2 aliphatic rings. The number of likely N-dealkylation sites (tertiary alicyclic amines) is 1. The molecule has 0 aromatic rings. The van der Waals surface area contributed by atoms with Crippen LogP contribution in [-0.4, -0.2) is 42.7 Å². The predicted molar refractivity (Wildman–Crippen MR) is 68.5 cm³/mol. The van der Waals surface area contributed by atoms with Crippen LogP contribution in [0.3, 0.4) is 0 Å². The van der Waals surface area contributed by atoms with E-state index in [0.29, 0.717) is 6.04 Å². The lowest BCUT2D eigenvalue weighted by atomic mass is 9.90. The van der Waals surface area contributed by atoms with Gasteiger partial charge in [-0.1, -0.05) is 19.3 Å². The van der Waals surface area contributed by atoms with Gasteiger partial charge in [-0.25, -0.2) is 0 Å². The quantitative estimate of drug-likeness (QED) is 0.761. The second-order valence-electron chi connectivity index (χ2n) is 5.93. The Balaban J connectivity index is 1.94. The molecule has 3 N–H and O–H groups in total. The Hall–Kier alpha value is -0.120. The summed E-state index contributed by atoms with van der Waals surface area (Å²) in [4.78, 5) is 2.43. The van der Waals surface area contributed by atoms with Crippen molar-refractivity contribution in [2.45, 2.75) is 63.1 Å². The lowest BCUT2D eigenvalue weighted by Gasteiger charge is -2.35. The molecule has 1 saturated heterocycles. The summed E-state index contributed by atoms with van der Waals surface area (Å²) >= 11 is 0. The Morgan fingerprint density at radius 2 is 2.00 bits per heavy atom. The van der Waals surface area contributed by atoms with Gasteiger partial charge in [-0.15, -0.1) is 0 Å². The van der Waals surface area contributed by atoms with Crippen LogP contribution in [0.2, 0.25) is 0 Å². The monoisotopic (exact) mass is 225 g/mol. The van der Waals surface area contributed by atoms with E-state index in [4.69, 9.17) is 5.73 Å². The van der Waals surface area contributed by atoms with Crippen molar-refractivity contribution in [3.8, 4) is 0 Å². The first-order valence-corrected chi connectivity index (χ1v) is 6.83. The van der Waals surface area contributed by atoms with E-state index in [2.05, 4.69) is 24.2 Å². The van der Waals surface area contributed by atoms with Gasteiger partial charge in [0.2, 0.25) is 0 Å². The highest BCUT2D eigenvalue weighted by molar-refractivity contribution is 5.02. The van der Waals surface area contributed by atoms with Gasteiger partial charge in [0.05, 0.1) is 0 Å². The molecule has 2 fully saturated rings. The van der Waals surface area contributed by atoms with Crippen molar-refractivity contribution in [2.24, 2.45) is 5.73 Å². The average Bonchev–Trinajstić information content (AvgIpc) is 2.56. The third kappa shape index (κ3) is 2.58. The van der Waals surface area contributed by atoms with Crippen molar-refractivity contribution in [1.82, 2.24) is 10.2 Å². The minimum Gasteiger partial charge on any atom is -0.329 e. The minimum absolute atomic E-state index is 0.191. The van der Waals surface area contributed by atoms with E-state index in [1.165, 1.54) is 38.5 Å². The first kappa shape index (κ1) is 12.3. The van der Waals surface area contributed by atoms with Crippen LogP contribution in [-0.2, 0) is 0 Å². The molecule has 1 saturated carbocycles. The smallest absolute Gasteiger partial charge is 0.0449 e. The van der Waals surface area contributed by atoms with Crippen LogP contribution in [0.15, 0.2) is 0 Å². The van der Waals surface area contributed by atoms with Crippen molar-refractivity contribution in [3.05, 3.63) is 0 Å². The molecule has 0 aromatic carbocycles. The van der Waals surface area contributed by atoms with Gasteiger partial charge in [0.25, 0.3) is 0 Å². The summed E-state index contributed by atoms with van der Waals surface area (Å²) in [6.45, 7) is 4.19. The number of rotatable bonds is 3. The first-order chi connectivity index (χ1) is 7.65. The van der Waals surface area contributed by atoms with Crippen LogP contribution in [0.5, 0.6) is 0 Å². The zero-order chi connectivity index (χ0) is 11.6. The summed E-state index contributed by atoms with van der Waals surface area (Å²) in [7, 11) is 2.21. The molecule has 2 rings (SSSR count). The number of hydrogen-bond donors (Lipinski definition) is 2. The number of hydrogen-bond acceptors (Lipinski definition) is 3. The van der Waals surface area contributed by atoms with E-state index in [-0.39, 0.29) is 5.54 Å². The fraction of sp³-hybridized carbons (Fsp3) is 1.00. The summed E-state index contributed by atoms with van der Waals surface area (Å²) in [6.07, 6.45) is 8.10. The molecule has 1 aliphatic carbocycles. The normalized spacial score (nSPS) is 38.1. The lowest BCUT2D eigenvalue weighted by molar-refractivity contribution is 0.249. The maximum absolute atomic E-state index is 6.02. The van der Waals surface area contributed by atoms with E-state index in [0.717, 1.165) is 19.1 Å². The summed E-state index contributed by atoms with van der Waals surface area (Å²) < 4.78 is 0. The van der Waals surface area contributed by atoms with Crippen molar-refractivity contribution >= 4 is 0 Å². The largest absolute Gasteiger partial charge is 0.329 e. The molecule has 94 valence electrons. The number of nitrogens with two attached hydrogens (primary N) is 1. The molecule has 3 heteroatoms. The Kier molecular flexibility index (Phi) is 3.88. The topological polar surface area (TPSA) is 41.3 Å². The summed E-state index contributed by atoms with van der Waals surface area (Å²) in [5.41, 5.74) is 6.21. The van der Waals surface area contributed by atoms with Crippen LogP contribution < -0.4 is 11.1 Å². The van der Waals surface area contributed by atoms with E-state index in [9.17, 15) is 0 Å². The fourth-order valence-corrected chi connectivity index (χ4v) is 3.41. The van der Waals surface area contributed by atoms with Crippen molar-refractivity contribution < 1.29 is 0 Å². The fourth-order valence-electron chi connectivity index (χ4n) is 3.41. The Morgan fingerprint density at radius 3 is 2.50 bits per heavy atom. The molecule has 0 aromatic heterocycles. The first-order valence-electron chi connectivity index (χ1n) is 6.83. The zero-order valence-corrected chi connectivity index (χ0v) is 10.8. The van der Waals surface area contributed by atoms with Crippen LogP contribution in [0.4, 0.5) is 0 Å².